The first-order valence-electron chi connectivity index (χ1n) is 14.1. The highest BCUT2D eigenvalue weighted by Crippen LogP contribution is 2.39. The quantitative estimate of drug-likeness (QED) is 0.260. The van der Waals surface area contributed by atoms with Crippen LogP contribution in [0.3, 0.4) is 0 Å². The number of nitrogens with zero attached hydrogens (tertiary/aromatic N) is 2. The molecule has 2 rings (SSSR count). The standard InChI is InChI=1S/C29H54N2O5/c1-26(2)18-22(19-27(3,4)30(26)9)35-24(32)16-14-12-10-11-13-15-17-25(33)36-23-20-28(5,6)31(34)29(7,8)21-23/h22-23,34H,10-21H2,1-9H3. The summed E-state index contributed by atoms with van der Waals surface area (Å²) in [6.07, 6.45) is 9.58. The van der Waals surface area contributed by atoms with Gasteiger partial charge in [-0.15, -0.1) is 0 Å². The first-order chi connectivity index (χ1) is 16.5. The van der Waals surface area contributed by atoms with Crippen LogP contribution in [0.25, 0.3) is 0 Å². The molecule has 0 spiro atoms. The summed E-state index contributed by atoms with van der Waals surface area (Å²) >= 11 is 0. The van der Waals surface area contributed by atoms with Crippen LogP contribution in [0.15, 0.2) is 0 Å². The number of esters is 2. The molecule has 210 valence electrons. The van der Waals surface area contributed by atoms with Gasteiger partial charge in [0.05, 0.1) is 0 Å². The normalized spacial score (nSPS) is 24.4. The summed E-state index contributed by atoms with van der Waals surface area (Å²) in [5.41, 5.74) is -0.800. The molecule has 7 heteroatoms. The van der Waals surface area contributed by atoms with Crippen molar-refractivity contribution in [1.29, 1.82) is 0 Å². The molecule has 1 N–H and O–H groups in total. The van der Waals surface area contributed by atoms with E-state index in [1.54, 1.807) is 0 Å². The summed E-state index contributed by atoms with van der Waals surface area (Å²) in [6.45, 7) is 16.8. The predicted octanol–water partition coefficient (Wildman–Crippen LogP) is 6.26. The highest BCUT2D eigenvalue weighted by Gasteiger charge is 2.46. The fraction of sp³-hybridized carbons (Fsp3) is 0.931. The Morgan fingerprint density at radius 1 is 0.639 bits per heavy atom. The van der Waals surface area contributed by atoms with Crippen molar-refractivity contribution in [3.63, 3.8) is 0 Å². The number of ether oxygens (including phenoxy) is 2. The number of likely N-dealkylation sites (tertiary alicyclic amines) is 1. The van der Waals surface area contributed by atoms with E-state index in [4.69, 9.17) is 9.47 Å². The zero-order chi connectivity index (χ0) is 27.4. The Hall–Kier alpha value is -1.18. The number of carbonyl (C=O) groups is 2. The van der Waals surface area contributed by atoms with Crippen LogP contribution in [-0.4, -0.2) is 68.5 Å². The second-order valence-corrected chi connectivity index (χ2v) is 13.8. The SMILES string of the molecule is CN1C(C)(C)CC(OC(=O)CCCCCCCCC(=O)OC2CC(C)(C)N(O)C(C)(C)C2)CC1(C)C. The number of hydroxylamine groups is 2. The fourth-order valence-corrected chi connectivity index (χ4v) is 6.36. The summed E-state index contributed by atoms with van der Waals surface area (Å²) in [7, 11) is 2.16. The molecule has 0 aromatic carbocycles. The molecule has 2 heterocycles. The molecule has 0 amide bonds. The second kappa shape index (κ2) is 12.1. The lowest BCUT2D eigenvalue weighted by Gasteiger charge is -2.53. The first kappa shape index (κ1) is 31.0. The fourth-order valence-electron chi connectivity index (χ4n) is 6.36. The van der Waals surface area contributed by atoms with Gasteiger partial charge in [-0.1, -0.05) is 25.7 Å². The number of hydrogen-bond acceptors (Lipinski definition) is 7. The summed E-state index contributed by atoms with van der Waals surface area (Å²) in [4.78, 5) is 27.1. The third-order valence-corrected chi connectivity index (χ3v) is 8.48. The number of hydrogen-bond donors (Lipinski definition) is 1. The summed E-state index contributed by atoms with van der Waals surface area (Å²) in [5, 5.41) is 11.8. The third kappa shape index (κ3) is 8.70. The van der Waals surface area contributed by atoms with Gasteiger partial charge >= 0.3 is 11.9 Å². The molecule has 2 aliphatic rings. The molecule has 36 heavy (non-hydrogen) atoms. The van der Waals surface area contributed by atoms with Crippen molar-refractivity contribution in [3.05, 3.63) is 0 Å². The van der Waals surface area contributed by atoms with E-state index < -0.39 is 11.1 Å². The average molecular weight is 511 g/mol. The molecule has 2 aliphatic heterocycles. The molecule has 2 fully saturated rings. The Labute approximate surface area is 220 Å². The molecular weight excluding hydrogens is 456 g/mol. The molecule has 0 radical (unpaired) electrons. The van der Waals surface area contributed by atoms with Gasteiger partial charge in [0.2, 0.25) is 0 Å². The van der Waals surface area contributed by atoms with E-state index in [2.05, 4.69) is 39.6 Å². The lowest BCUT2D eigenvalue weighted by Crippen LogP contribution is -2.60. The topological polar surface area (TPSA) is 79.3 Å². The largest absolute Gasteiger partial charge is 0.462 e. The Morgan fingerprint density at radius 3 is 1.31 bits per heavy atom. The van der Waals surface area contributed by atoms with Crippen LogP contribution in [0.1, 0.15) is 132 Å². The summed E-state index contributed by atoms with van der Waals surface area (Å²) in [5.74, 6) is -0.210. The molecule has 0 aromatic heterocycles. The Kier molecular flexibility index (Phi) is 10.5. The number of carbonyl (C=O) groups excluding carboxylic acids is 2. The van der Waals surface area contributed by atoms with Gasteiger partial charge in [-0.3, -0.25) is 14.5 Å². The monoisotopic (exact) mass is 510 g/mol. The second-order valence-electron chi connectivity index (χ2n) is 13.8. The lowest BCUT2D eigenvalue weighted by molar-refractivity contribution is -0.259. The summed E-state index contributed by atoms with van der Waals surface area (Å²) < 4.78 is 11.6. The predicted molar refractivity (Wildman–Crippen MR) is 143 cm³/mol. The lowest BCUT2D eigenvalue weighted by atomic mass is 9.79. The van der Waals surface area contributed by atoms with E-state index in [9.17, 15) is 14.8 Å². The Bertz CT molecular complexity index is 648. The van der Waals surface area contributed by atoms with Gasteiger partial charge in [0.25, 0.3) is 0 Å². The average Bonchev–Trinajstić information content (AvgIpc) is 2.71. The minimum Gasteiger partial charge on any atom is -0.462 e. The molecule has 7 nitrogen and oxygen atoms in total. The smallest absolute Gasteiger partial charge is 0.306 e. The van der Waals surface area contributed by atoms with Crippen molar-refractivity contribution < 1.29 is 24.3 Å². The number of unbranched alkanes of at least 4 members (excludes halogenated alkanes) is 5. The minimum absolute atomic E-state index is 0.00761. The first-order valence-corrected chi connectivity index (χ1v) is 14.1. The van der Waals surface area contributed by atoms with E-state index in [-0.39, 0.29) is 35.2 Å². The Balaban J connectivity index is 1.54. The van der Waals surface area contributed by atoms with Crippen molar-refractivity contribution in [2.75, 3.05) is 7.05 Å². The van der Waals surface area contributed by atoms with Gasteiger partial charge in [0, 0.05) is 60.7 Å². The Morgan fingerprint density at radius 2 is 0.944 bits per heavy atom. The number of rotatable bonds is 11. The molecular formula is C29H54N2O5. The summed E-state index contributed by atoms with van der Waals surface area (Å²) in [6, 6.07) is 0. The molecule has 0 saturated carbocycles. The van der Waals surface area contributed by atoms with Crippen LogP contribution in [0.5, 0.6) is 0 Å². The maximum Gasteiger partial charge on any atom is 0.306 e. The highest BCUT2D eigenvalue weighted by atomic mass is 16.6. The maximum absolute atomic E-state index is 12.4. The molecule has 0 aliphatic carbocycles. The van der Waals surface area contributed by atoms with Crippen LogP contribution < -0.4 is 0 Å². The van der Waals surface area contributed by atoms with Crippen molar-refractivity contribution in [1.82, 2.24) is 9.96 Å². The molecule has 0 atom stereocenters. The van der Waals surface area contributed by atoms with Crippen LogP contribution in [0, 0.1) is 0 Å². The van der Waals surface area contributed by atoms with Gasteiger partial charge < -0.3 is 14.7 Å². The van der Waals surface area contributed by atoms with Gasteiger partial charge in [-0.05, 0) is 75.3 Å². The van der Waals surface area contributed by atoms with Crippen LogP contribution in [0.4, 0.5) is 0 Å². The number of piperidine rings is 2. The molecule has 0 unspecified atom stereocenters. The van der Waals surface area contributed by atoms with E-state index in [0.29, 0.717) is 25.7 Å². The van der Waals surface area contributed by atoms with Crippen molar-refractivity contribution in [3.8, 4) is 0 Å². The van der Waals surface area contributed by atoms with E-state index in [1.807, 2.05) is 27.7 Å². The molecule has 0 aromatic rings. The molecule has 0 bridgehead atoms. The van der Waals surface area contributed by atoms with Gasteiger partial charge in [0.1, 0.15) is 12.2 Å². The van der Waals surface area contributed by atoms with E-state index in [0.717, 1.165) is 51.4 Å². The van der Waals surface area contributed by atoms with Crippen molar-refractivity contribution >= 4 is 11.9 Å². The third-order valence-electron chi connectivity index (χ3n) is 8.48. The van der Waals surface area contributed by atoms with Crippen molar-refractivity contribution in [2.24, 2.45) is 0 Å². The zero-order valence-electron chi connectivity index (χ0n) is 24.6. The highest BCUT2D eigenvalue weighted by molar-refractivity contribution is 5.69. The van der Waals surface area contributed by atoms with E-state index >= 15 is 0 Å². The minimum atomic E-state index is -0.417. The zero-order valence-corrected chi connectivity index (χ0v) is 24.6. The van der Waals surface area contributed by atoms with Gasteiger partial charge in [0.15, 0.2) is 0 Å². The van der Waals surface area contributed by atoms with Gasteiger partial charge in [-0.2, -0.15) is 5.06 Å². The van der Waals surface area contributed by atoms with Crippen LogP contribution in [0.2, 0.25) is 0 Å². The molecule has 2 saturated heterocycles. The van der Waals surface area contributed by atoms with E-state index in [1.165, 1.54) is 5.06 Å². The van der Waals surface area contributed by atoms with Crippen molar-refractivity contribution in [2.45, 2.75) is 167 Å². The van der Waals surface area contributed by atoms with Gasteiger partial charge in [-0.25, -0.2) is 0 Å². The van der Waals surface area contributed by atoms with Crippen LogP contribution in [-0.2, 0) is 19.1 Å². The van der Waals surface area contributed by atoms with Crippen LogP contribution >= 0.6 is 0 Å². The maximum atomic E-state index is 12.4.